The molecule has 0 bridgehead atoms. The molecule has 0 saturated carbocycles. The molecule has 0 aliphatic heterocycles. The number of ether oxygens (including phenoxy) is 1. The first-order valence-electron chi connectivity index (χ1n) is 6.16. The van der Waals surface area contributed by atoms with E-state index < -0.39 is 0 Å². The number of benzene rings is 1. The molecule has 0 amide bonds. The second-order valence-electron chi connectivity index (χ2n) is 4.01. The summed E-state index contributed by atoms with van der Waals surface area (Å²) >= 11 is 0. The van der Waals surface area contributed by atoms with Gasteiger partial charge in [0.15, 0.2) is 0 Å². The second kappa shape index (κ2) is 7.71. The van der Waals surface area contributed by atoms with Gasteiger partial charge in [0.25, 0.3) is 0 Å². The Morgan fingerprint density at radius 2 is 2.12 bits per heavy atom. The maximum Gasteiger partial charge on any atom is 0.305 e. The second-order valence-corrected chi connectivity index (χ2v) is 4.01. The van der Waals surface area contributed by atoms with Crippen LogP contribution in [0.2, 0.25) is 0 Å². The van der Waals surface area contributed by atoms with Gasteiger partial charge in [-0.15, -0.1) is 0 Å². The van der Waals surface area contributed by atoms with Gasteiger partial charge >= 0.3 is 5.97 Å². The van der Waals surface area contributed by atoms with Crippen LogP contribution in [0.25, 0.3) is 0 Å². The Bertz CT molecular complexity index is 350. The number of esters is 1. The Kier molecular flexibility index (Phi) is 6.15. The van der Waals surface area contributed by atoms with E-state index in [1.165, 1.54) is 18.4 Å². The number of nitrogens with one attached hydrogen (secondary N) is 1. The third-order valence-corrected chi connectivity index (χ3v) is 2.64. The molecule has 17 heavy (non-hydrogen) atoms. The first-order valence-corrected chi connectivity index (χ1v) is 6.16. The largest absolute Gasteiger partial charge is 0.469 e. The SMILES string of the molecule is CCCc1ccccc1NCCCC(=O)OC. The van der Waals surface area contributed by atoms with Gasteiger partial charge < -0.3 is 10.1 Å². The molecule has 0 heterocycles. The zero-order chi connectivity index (χ0) is 12.5. The number of carbonyl (C=O) groups is 1. The lowest BCUT2D eigenvalue weighted by Gasteiger charge is -2.10. The summed E-state index contributed by atoms with van der Waals surface area (Å²) in [6, 6.07) is 8.32. The van der Waals surface area contributed by atoms with Crippen molar-refractivity contribution in [3.8, 4) is 0 Å². The lowest BCUT2D eigenvalue weighted by molar-refractivity contribution is -0.140. The van der Waals surface area contributed by atoms with Crippen LogP contribution in [0.3, 0.4) is 0 Å². The third kappa shape index (κ3) is 4.89. The van der Waals surface area contributed by atoms with Gasteiger partial charge in [0.2, 0.25) is 0 Å². The van der Waals surface area contributed by atoms with Gasteiger partial charge in [0.1, 0.15) is 0 Å². The maximum absolute atomic E-state index is 10.9. The molecule has 1 aromatic rings. The van der Waals surface area contributed by atoms with Crippen LogP contribution in [0.4, 0.5) is 5.69 Å². The smallest absolute Gasteiger partial charge is 0.305 e. The van der Waals surface area contributed by atoms with Crippen molar-refractivity contribution in [2.45, 2.75) is 32.6 Å². The van der Waals surface area contributed by atoms with E-state index >= 15 is 0 Å². The van der Waals surface area contributed by atoms with E-state index in [0.717, 1.165) is 25.8 Å². The fourth-order valence-corrected chi connectivity index (χ4v) is 1.74. The maximum atomic E-state index is 10.9. The number of para-hydroxylation sites is 1. The Hall–Kier alpha value is -1.51. The first kappa shape index (κ1) is 13.6. The number of anilines is 1. The van der Waals surface area contributed by atoms with Crippen molar-refractivity contribution in [2.75, 3.05) is 19.0 Å². The molecule has 0 fully saturated rings. The Balaban J connectivity index is 2.38. The van der Waals surface area contributed by atoms with Crippen molar-refractivity contribution in [2.24, 2.45) is 0 Å². The van der Waals surface area contributed by atoms with Gasteiger partial charge in [-0.2, -0.15) is 0 Å². The lowest BCUT2D eigenvalue weighted by atomic mass is 10.1. The van der Waals surface area contributed by atoms with E-state index in [1.807, 2.05) is 6.07 Å². The Morgan fingerprint density at radius 3 is 2.82 bits per heavy atom. The molecule has 0 aliphatic rings. The average molecular weight is 235 g/mol. The number of aryl methyl sites for hydroxylation is 1. The molecule has 0 saturated heterocycles. The van der Waals surface area contributed by atoms with Gasteiger partial charge in [-0.25, -0.2) is 0 Å². The Labute approximate surface area is 103 Å². The van der Waals surface area contributed by atoms with E-state index in [1.54, 1.807) is 0 Å². The summed E-state index contributed by atoms with van der Waals surface area (Å²) in [6.45, 7) is 2.98. The number of hydrogen-bond acceptors (Lipinski definition) is 3. The van der Waals surface area contributed by atoms with E-state index in [4.69, 9.17) is 0 Å². The van der Waals surface area contributed by atoms with Crippen molar-refractivity contribution < 1.29 is 9.53 Å². The van der Waals surface area contributed by atoms with E-state index in [2.05, 4.69) is 35.2 Å². The molecular weight excluding hydrogens is 214 g/mol. The fourth-order valence-electron chi connectivity index (χ4n) is 1.74. The molecule has 1 N–H and O–H groups in total. The van der Waals surface area contributed by atoms with Gasteiger partial charge in [0.05, 0.1) is 7.11 Å². The topological polar surface area (TPSA) is 38.3 Å². The van der Waals surface area contributed by atoms with Crippen LogP contribution in [0.15, 0.2) is 24.3 Å². The highest BCUT2D eigenvalue weighted by atomic mass is 16.5. The summed E-state index contributed by atoms with van der Waals surface area (Å²) in [4.78, 5) is 10.9. The molecule has 0 spiro atoms. The normalized spacial score (nSPS) is 10.0. The van der Waals surface area contributed by atoms with E-state index in [-0.39, 0.29) is 5.97 Å². The molecular formula is C14H21NO2. The van der Waals surface area contributed by atoms with Crippen LogP contribution in [0.1, 0.15) is 31.7 Å². The molecule has 0 radical (unpaired) electrons. The predicted octanol–water partition coefficient (Wildman–Crippen LogP) is 3.00. The number of methoxy groups -OCH3 is 1. The fraction of sp³-hybridized carbons (Fsp3) is 0.500. The monoisotopic (exact) mass is 235 g/mol. The highest BCUT2D eigenvalue weighted by Crippen LogP contribution is 2.16. The summed E-state index contributed by atoms with van der Waals surface area (Å²) in [6.07, 6.45) is 3.49. The minimum absolute atomic E-state index is 0.145. The Morgan fingerprint density at radius 1 is 1.35 bits per heavy atom. The molecule has 0 aromatic heterocycles. The van der Waals surface area contributed by atoms with Gasteiger partial charge in [-0.05, 0) is 24.5 Å². The molecule has 1 rings (SSSR count). The van der Waals surface area contributed by atoms with Crippen LogP contribution in [-0.4, -0.2) is 19.6 Å². The van der Waals surface area contributed by atoms with Crippen LogP contribution in [0, 0.1) is 0 Å². The molecule has 94 valence electrons. The van der Waals surface area contributed by atoms with Crippen LogP contribution in [0.5, 0.6) is 0 Å². The molecule has 3 heteroatoms. The number of rotatable bonds is 7. The van der Waals surface area contributed by atoms with E-state index in [0.29, 0.717) is 6.42 Å². The minimum Gasteiger partial charge on any atom is -0.469 e. The average Bonchev–Trinajstić information content (AvgIpc) is 2.36. The summed E-state index contributed by atoms with van der Waals surface area (Å²) < 4.78 is 4.60. The molecule has 0 atom stereocenters. The van der Waals surface area contributed by atoms with Gasteiger partial charge in [0, 0.05) is 18.7 Å². The van der Waals surface area contributed by atoms with Gasteiger partial charge in [-0.1, -0.05) is 31.5 Å². The summed E-state index contributed by atoms with van der Waals surface area (Å²) in [5.74, 6) is -0.145. The lowest BCUT2D eigenvalue weighted by Crippen LogP contribution is -2.07. The molecule has 0 unspecified atom stereocenters. The zero-order valence-corrected chi connectivity index (χ0v) is 10.7. The highest BCUT2D eigenvalue weighted by Gasteiger charge is 2.01. The third-order valence-electron chi connectivity index (χ3n) is 2.64. The van der Waals surface area contributed by atoms with E-state index in [9.17, 15) is 4.79 Å². The van der Waals surface area contributed by atoms with Crippen molar-refractivity contribution in [1.82, 2.24) is 0 Å². The highest BCUT2D eigenvalue weighted by molar-refractivity contribution is 5.69. The summed E-state index contributed by atoms with van der Waals surface area (Å²) in [5, 5.41) is 3.37. The predicted molar refractivity (Wildman–Crippen MR) is 70.2 cm³/mol. The van der Waals surface area contributed by atoms with Crippen molar-refractivity contribution in [1.29, 1.82) is 0 Å². The van der Waals surface area contributed by atoms with Crippen molar-refractivity contribution in [3.63, 3.8) is 0 Å². The van der Waals surface area contributed by atoms with Crippen molar-refractivity contribution in [3.05, 3.63) is 29.8 Å². The summed E-state index contributed by atoms with van der Waals surface area (Å²) in [5.41, 5.74) is 2.52. The minimum atomic E-state index is -0.145. The van der Waals surface area contributed by atoms with Gasteiger partial charge in [-0.3, -0.25) is 4.79 Å². The quantitative estimate of drug-likeness (QED) is 0.583. The van der Waals surface area contributed by atoms with Crippen molar-refractivity contribution >= 4 is 11.7 Å². The zero-order valence-electron chi connectivity index (χ0n) is 10.7. The van der Waals surface area contributed by atoms with Crippen LogP contribution >= 0.6 is 0 Å². The number of carbonyl (C=O) groups excluding carboxylic acids is 1. The molecule has 0 aliphatic carbocycles. The van der Waals surface area contributed by atoms with Crippen LogP contribution in [-0.2, 0) is 16.0 Å². The molecule has 1 aromatic carbocycles. The molecule has 3 nitrogen and oxygen atoms in total. The first-order chi connectivity index (χ1) is 8.27. The standard InChI is InChI=1S/C14H21NO2/c1-3-7-12-8-4-5-9-13(12)15-11-6-10-14(16)17-2/h4-5,8-9,15H,3,6-7,10-11H2,1-2H3. The number of hydrogen-bond donors (Lipinski definition) is 1. The van der Waals surface area contributed by atoms with Crippen LogP contribution < -0.4 is 5.32 Å². The summed E-state index contributed by atoms with van der Waals surface area (Å²) in [7, 11) is 1.42.